The molecule has 4 heteroatoms. The fraction of sp³-hybridized carbons (Fsp3) is 0.235. The molecule has 0 bridgehead atoms. The third kappa shape index (κ3) is 3.34. The van der Waals surface area contributed by atoms with Gasteiger partial charge in [-0.3, -0.25) is 4.79 Å². The molecule has 0 radical (unpaired) electrons. The number of hydrogen-bond donors (Lipinski definition) is 2. The highest BCUT2D eigenvalue weighted by Gasteiger charge is 2.14. The van der Waals surface area contributed by atoms with E-state index in [0.29, 0.717) is 0 Å². The van der Waals surface area contributed by atoms with Crippen molar-refractivity contribution in [2.45, 2.75) is 12.8 Å². The first kappa shape index (κ1) is 13.5. The number of nitrogens with one attached hydrogen (secondary N) is 2. The van der Waals surface area contributed by atoms with Crippen LogP contribution in [0.1, 0.15) is 12.0 Å². The number of fused-ring (bicyclic) bond motifs is 1. The van der Waals surface area contributed by atoms with E-state index < -0.39 is 0 Å². The maximum atomic E-state index is 11.9. The van der Waals surface area contributed by atoms with Crippen molar-refractivity contribution >= 4 is 17.3 Å². The molecular weight excluding hydrogens is 264 g/mol. The van der Waals surface area contributed by atoms with E-state index in [1.165, 1.54) is 5.56 Å². The van der Waals surface area contributed by atoms with Crippen LogP contribution < -0.4 is 15.4 Å². The molecule has 0 saturated carbocycles. The summed E-state index contributed by atoms with van der Waals surface area (Å²) in [6, 6.07) is 15.3. The zero-order chi connectivity index (χ0) is 14.5. The van der Waals surface area contributed by atoms with Crippen molar-refractivity contribution < 1.29 is 9.53 Å². The molecule has 0 unspecified atom stereocenters. The fourth-order valence-corrected chi connectivity index (χ4v) is 2.46. The lowest BCUT2D eigenvalue weighted by Crippen LogP contribution is -2.21. The van der Waals surface area contributed by atoms with Crippen LogP contribution in [0.15, 0.2) is 48.5 Å². The van der Waals surface area contributed by atoms with Gasteiger partial charge in [0.2, 0.25) is 0 Å². The second kappa shape index (κ2) is 6.31. The van der Waals surface area contributed by atoms with E-state index in [9.17, 15) is 4.79 Å². The number of carbonyl (C=O) groups is 1. The first-order chi connectivity index (χ1) is 10.3. The van der Waals surface area contributed by atoms with Crippen molar-refractivity contribution in [1.82, 2.24) is 0 Å². The van der Waals surface area contributed by atoms with Gasteiger partial charge < -0.3 is 15.4 Å². The first-order valence-electron chi connectivity index (χ1n) is 7.16. The minimum atomic E-state index is -0.158. The van der Waals surface area contributed by atoms with Gasteiger partial charge in [-0.25, -0.2) is 0 Å². The number of rotatable bonds is 4. The van der Waals surface area contributed by atoms with Crippen molar-refractivity contribution in [1.29, 1.82) is 0 Å². The third-order valence-corrected chi connectivity index (χ3v) is 3.45. The second-order valence-corrected chi connectivity index (χ2v) is 5.02. The van der Waals surface area contributed by atoms with E-state index in [2.05, 4.69) is 16.7 Å². The molecule has 2 aromatic carbocycles. The van der Waals surface area contributed by atoms with Gasteiger partial charge in [0.25, 0.3) is 5.91 Å². The molecule has 0 spiro atoms. The largest absolute Gasteiger partial charge is 0.482 e. The normalized spacial score (nSPS) is 13.0. The van der Waals surface area contributed by atoms with Crippen LogP contribution in [-0.2, 0) is 11.2 Å². The van der Waals surface area contributed by atoms with Crippen molar-refractivity contribution in [3.63, 3.8) is 0 Å². The van der Waals surface area contributed by atoms with Crippen molar-refractivity contribution in [3.8, 4) is 5.75 Å². The zero-order valence-corrected chi connectivity index (χ0v) is 11.8. The molecule has 1 aliphatic heterocycles. The summed E-state index contributed by atoms with van der Waals surface area (Å²) in [5.74, 6) is 0.588. The van der Waals surface area contributed by atoms with Crippen LogP contribution in [-0.4, -0.2) is 19.1 Å². The molecule has 0 aromatic heterocycles. The Morgan fingerprint density at radius 3 is 2.86 bits per heavy atom. The maximum Gasteiger partial charge on any atom is 0.262 e. The average Bonchev–Trinajstić information content (AvgIpc) is 2.54. The van der Waals surface area contributed by atoms with Crippen LogP contribution in [0.3, 0.4) is 0 Å². The highest BCUT2D eigenvalue weighted by atomic mass is 16.5. The summed E-state index contributed by atoms with van der Waals surface area (Å²) < 4.78 is 5.66. The predicted molar refractivity (Wildman–Crippen MR) is 83.8 cm³/mol. The Labute approximate surface area is 124 Å². The number of hydrogen-bond acceptors (Lipinski definition) is 3. The number of aryl methyl sites for hydroxylation is 1. The Bertz CT molecular complexity index is 626. The lowest BCUT2D eigenvalue weighted by atomic mass is 10.0. The first-order valence-corrected chi connectivity index (χ1v) is 7.16. The monoisotopic (exact) mass is 282 g/mol. The molecule has 108 valence electrons. The van der Waals surface area contributed by atoms with E-state index in [-0.39, 0.29) is 12.5 Å². The van der Waals surface area contributed by atoms with Gasteiger partial charge in [0.05, 0.1) is 5.69 Å². The minimum Gasteiger partial charge on any atom is -0.482 e. The van der Waals surface area contributed by atoms with Crippen LogP contribution in [0.25, 0.3) is 0 Å². The van der Waals surface area contributed by atoms with Gasteiger partial charge in [-0.1, -0.05) is 30.3 Å². The highest BCUT2D eigenvalue weighted by Crippen LogP contribution is 2.31. The maximum absolute atomic E-state index is 11.9. The topological polar surface area (TPSA) is 50.4 Å². The van der Waals surface area contributed by atoms with Gasteiger partial charge in [0, 0.05) is 12.2 Å². The van der Waals surface area contributed by atoms with Crippen LogP contribution in [0.2, 0.25) is 0 Å². The summed E-state index contributed by atoms with van der Waals surface area (Å²) in [5.41, 5.74) is 3.05. The summed E-state index contributed by atoms with van der Waals surface area (Å²) in [5, 5.41) is 6.16. The Morgan fingerprint density at radius 2 is 2.00 bits per heavy atom. The van der Waals surface area contributed by atoms with Gasteiger partial charge >= 0.3 is 0 Å². The molecule has 0 aliphatic carbocycles. The molecule has 2 aromatic rings. The molecule has 21 heavy (non-hydrogen) atoms. The van der Waals surface area contributed by atoms with Crippen molar-refractivity contribution in [2.24, 2.45) is 0 Å². The Balaban J connectivity index is 1.61. The summed E-state index contributed by atoms with van der Waals surface area (Å²) in [6.45, 7) is 0.955. The number of carbonyl (C=O) groups excluding carboxylic acids is 1. The SMILES string of the molecule is O=C(COc1cccc2c1NCCC2)Nc1ccccc1. The summed E-state index contributed by atoms with van der Waals surface area (Å²) in [7, 11) is 0. The molecule has 0 atom stereocenters. The molecule has 0 saturated heterocycles. The second-order valence-electron chi connectivity index (χ2n) is 5.02. The zero-order valence-electron chi connectivity index (χ0n) is 11.8. The number of amides is 1. The fourth-order valence-electron chi connectivity index (χ4n) is 2.46. The van der Waals surface area contributed by atoms with E-state index in [4.69, 9.17) is 4.74 Å². The molecule has 0 fully saturated rings. The highest BCUT2D eigenvalue weighted by molar-refractivity contribution is 5.91. The van der Waals surface area contributed by atoms with E-state index >= 15 is 0 Å². The molecule has 4 nitrogen and oxygen atoms in total. The number of ether oxygens (including phenoxy) is 1. The number of benzene rings is 2. The Morgan fingerprint density at radius 1 is 1.14 bits per heavy atom. The van der Waals surface area contributed by atoms with Gasteiger partial charge in [0.15, 0.2) is 6.61 Å². The average molecular weight is 282 g/mol. The smallest absolute Gasteiger partial charge is 0.262 e. The van der Waals surface area contributed by atoms with E-state index in [1.54, 1.807) is 0 Å². The van der Waals surface area contributed by atoms with E-state index in [0.717, 1.165) is 36.5 Å². The number of anilines is 2. The molecule has 2 N–H and O–H groups in total. The van der Waals surface area contributed by atoms with Gasteiger partial charge in [-0.15, -0.1) is 0 Å². The summed E-state index contributed by atoms with van der Waals surface area (Å²) in [4.78, 5) is 11.9. The van der Waals surface area contributed by atoms with Gasteiger partial charge in [0.1, 0.15) is 5.75 Å². The lowest BCUT2D eigenvalue weighted by Gasteiger charge is -2.21. The quantitative estimate of drug-likeness (QED) is 0.906. The van der Waals surface area contributed by atoms with Crippen molar-refractivity contribution in [3.05, 3.63) is 54.1 Å². The molecule has 1 amide bonds. The Kier molecular flexibility index (Phi) is 4.05. The Hall–Kier alpha value is -2.49. The van der Waals surface area contributed by atoms with Crippen LogP contribution in [0, 0.1) is 0 Å². The van der Waals surface area contributed by atoms with Crippen LogP contribution >= 0.6 is 0 Å². The lowest BCUT2D eigenvalue weighted by molar-refractivity contribution is -0.118. The van der Waals surface area contributed by atoms with Gasteiger partial charge in [-0.05, 0) is 36.6 Å². The standard InChI is InChI=1S/C17H18N2O2/c20-16(19-14-8-2-1-3-9-14)12-21-15-10-4-6-13-7-5-11-18-17(13)15/h1-4,6,8-10,18H,5,7,11-12H2,(H,19,20). The summed E-state index contributed by atoms with van der Waals surface area (Å²) >= 11 is 0. The molecule has 1 aliphatic rings. The van der Waals surface area contributed by atoms with Crippen LogP contribution in [0.5, 0.6) is 5.75 Å². The summed E-state index contributed by atoms with van der Waals surface area (Å²) in [6.07, 6.45) is 2.18. The molecule has 1 heterocycles. The van der Waals surface area contributed by atoms with Crippen molar-refractivity contribution in [2.75, 3.05) is 23.8 Å². The predicted octanol–water partition coefficient (Wildman–Crippen LogP) is 3.06. The van der Waals surface area contributed by atoms with E-state index in [1.807, 2.05) is 42.5 Å². The van der Waals surface area contributed by atoms with Gasteiger partial charge in [-0.2, -0.15) is 0 Å². The molecule has 3 rings (SSSR count). The molecular formula is C17H18N2O2. The third-order valence-electron chi connectivity index (χ3n) is 3.45. The van der Waals surface area contributed by atoms with Crippen LogP contribution in [0.4, 0.5) is 11.4 Å². The number of para-hydroxylation sites is 2. The minimum absolute atomic E-state index is 0.00697.